The maximum absolute atomic E-state index is 11.9. The fraction of sp³-hybridized carbons (Fsp3) is 0.316. The van der Waals surface area contributed by atoms with Gasteiger partial charge in [0, 0.05) is 0 Å². The van der Waals surface area contributed by atoms with E-state index < -0.39 is 25.4 Å². The van der Waals surface area contributed by atoms with Crippen molar-refractivity contribution in [3.8, 4) is 0 Å². The van der Waals surface area contributed by atoms with Crippen LogP contribution in [0.4, 0.5) is 0 Å². The van der Waals surface area contributed by atoms with Crippen LogP contribution in [0.5, 0.6) is 0 Å². The fourth-order valence-electron chi connectivity index (χ4n) is 3.13. The molecule has 5 heteroatoms. The Morgan fingerprint density at radius 3 is 1.83 bits per heavy atom. The fourth-order valence-corrected chi connectivity index (χ4v) is 6.88. The van der Waals surface area contributed by atoms with Gasteiger partial charge >= 0.3 is 5.97 Å². The average Bonchev–Trinajstić information content (AvgIpc) is 2.60. The minimum absolute atomic E-state index is 0.331. The molecule has 128 valence electrons. The molecule has 0 heterocycles. The molecule has 2 aromatic carbocycles. The number of carboxylic acid groups (broad SMARTS) is 1. The summed E-state index contributed by atoms with van der Waals surface area (Å²) in [5.74, 6) is -1.00. The Morgan fingerprint density at radius 2 is 1.46 bits per heavy atom. The number of benzene rings is 2. The highest BCUT2D eigenvalue weighted by molar-refractivity contribution is 6.98. The molecule has 2 aromatic rings. The molecule has 0 fully saturated rings. The first-order chi connectivity index (χ1) is 11.3. The summed E-state index contributed by atoms with van der Waals surface area (Å²) >= 11 is 0. The van der Waals surface area contributed by atoms with Gasteiger partial charge in [-0.05, 0) is 28.3 Å². The second-order valence-electron chi connectivity index (χ2n) is 6.81. The zero-order chi connectivity index (χ0) is 17.8. The molecule has 0 unspecified atom stereocenters. The van der Waals surface area contributed by atoms with Gasteiger partial charge in [-0.25, -0.2) is 0 Å². The molecule has 1 atom stereocenters. The summed E-state index contributed by atoms with van der Waals surface area (Å²) in [5.41, 5.74) is 5.68. The van der Waals surface area contributed by atoms with Crippen molar-refractivity contribution in [2.24, 2.45) is 5.73 Å². The Kier molecular flexibility index (Phi) is 5.59. The molecule has 2 rings (SSSR count). The lowest BCUT2D eigenvalue weighted by molar-refractivity contribution is -0.138. The first kappa shape index (κ1) is 18.4. The Bertz CT molecular complexity index is 634. The van der Waals surface area contributed by atoms with Crippen LogP contribution in [-0.4, -0.2) is 30.2 Å². The number of carbonyl (C=O) groups is 1. The molecule has 0 spiro atoms. The smallest absolute Gasteiger partial charge is 0.320 e. The molecular weight excluding hydrogens is 318 g/mol. The molecule has 4 nitrogen and oxygen atoms in total. The van der Waals surface area contributed by atoms with Crippen molar-refractivity contribution in [3.63, 3.8) is 0 Å². The van der Waals surface area contributed by atoms with E-state index >= 15 is 0 Å². The van der Waals surface area contributed by atoms with Gasteiger partial charge in [-0.3, -0.25) is 4.79 Å². The molecule has 0 aliphatic carbocycles. The molecule has 0 amide bonds. The Hall–Kier alpha value is -1.95. The summed E-state index contributed by atoms with van der Waals surface area (Å²) in [6.45, 7) is 4.02. The largest absolute Gasteiger partial charge is 0.480 e. The zero-order valence-corrected chi connectivity index (χ0v) is 15.1. The second kappa shape index (κ2) is 7.30. The highest BCUT2D eigenvalue weighted by Crippen LogP contribution is 2.40. The summed E-state index contributed by atoms with van der Waals surface area (Å²) in [7, 11) is -3.08. The van der Waals surface area contributed by atoms with E-state index in [1.807, 2.05) is 74.5 Å². The first-order valence-electron chi connectivity index (χ1n) is 8.11. The number of hydrogen-bond donors (Lipinski definition) is 3. The van der Waals surface area contributed by atoms with Crippen LogP contribution >= 0.6 is 0 Å². The van der Waals surface area contributed by atoms with E-state index in [9.17, 15) is 9.59 Å². The molecule has 0 saturated carbocycles. The highest BCUT2D eigenvalue weighted by atomic mass is 28.4. The van der Waals surface area contributed by atoms with Crippen molar-refractivity contribution >= 4 is 24.7 Å². The SMILES string of the molecule is CC(C)(CC[C@H](N)C(=O)O)[Si](O)(c1ccccc1)c1ccccc1. The van der Waals surface area contributed by atoms with Crippen LogP contribution in [0.25, 0.3) is 0 Å². The Balaban J connectivity index is 2.44. The average molecular weight is 343 g/mol. The van der Waals surface area contributed by atoms with E-state index in [-0.39, 0.29) is 0 Å². The first-order valence-corrected chi connectivity index (χ1v) is 10.1. The van der Waals surface area contributed by atoms with Crippen LogP contribution in [0, 0.1) is 0 Å². The number of nitrogens with two attached hydrogens (primary N) is 1. The van der Waals surface area contributed by atoms with Gasteiger partial charge in [0.25, 0.3) is 8.32 Å². The van der Waals surface area contributed by atoms with E-state index in [0.717, 1.165) is 10.4 Å². The lowest BCUT2D eigenvalue weighted by atomic mass is 10.0. The molecular formula is C19H25NO3Si. The normalized spacial score (nSPS) is 13.5. The molecule has 0 aliphatic rings. The molecule has 0 radical (unpaired) electrons. The third-order valence-electron chi connectivity index (χ3n) is 4.76. The van der Waals surface area contributed by atoms with E-state index in [2.05, 4.69) is 0 Å². The van der Waals surface area contributed by atoms with Crippen molar-refractivity contribution in [1.29, 1.82) is 0 Å². The molecule has 0 bridgehead atoms. The standard InChI is InChI=1S/C19H25NO3Si/c1-19(2,14-13-17(20)18(21)22)24(23,15-9-5-3-6-10-15)16-11-7-4-8-12-16/h3-12,17,23H,13-14,20H2,1-2H3,(H,21,22)/t17-/m0/s1. The molecule has 4 N–H and O–H groups in total. The van der Waals surface area contributed by atoms with Crippen LogP contribution < -0.4 is 16.1 Å². The maximum atomic E-state index is 11.9. The lowest BCUT2D eigenvalue weighted by Gasteiger charge is -2.41. The number of hydrogen-bond acceptors (Lipinski definition) is 3. The molecule has 0 saturated heterocycles. The number of rotatable bonds is 7. The topological polar surface area (TPSA) is 83.6 Å². The Labute approximate surface area is 144 Å². The van der Waals surface area contributed by atoms with Crippen molar-refractivity contribution < 1.29 is 14.7 Å². The van der Waals surface area contributed by atoms with Crippen molar-refractivity contribution in [1.82, 2.24) is 0 Å². The van der Waals surface area contributed by atoms with Gasteiger partial charge in [0.2, 0.25) is 0 Å². The molecule has 0 aliphatic heterocycles. The summed E-state index contributed by atoms with van der Waals surface area (Å²) in [5, 5.41) is 10.4. The van der Waals surface area contributed by atoms with E-state index in [0.29, 0.717) is 12.8 Å². The minimum atomic E-state index is -3.08. The van der Waals surface area contributed by atoms with Gasteiger partial charge in [-0.1, -0.05) is 74.5 Å². The van der Waals surface area contributed by atoms with Crippen LogP contribution in [0.1, 0.15) is 26.7 Å². The van der Waals surface area contributed by atoms with E-state index in [4.69, 9.17) is 10.8 Å². The van der Waals surface area contributed by atoms with Crippen LogP contribution in [0.15, 0.2) is 60.7 Å². The predicted octanol–water partition coefficient (Wildman–Crippen LogP) is 1.71. The summed E-state index contributed by atoms with van der Waals surface area (Å²) < 4.78 is 0. The predicted molar refractivity (Wildman–Crippen MR) is 99.0 cm³/mol. The summed E-state index contributed by atoms with van der Waals surface area (Å²) in [4.78, 5) is 22.9. The van der Waals surface area contributed by atoms with Crippen LogP contribution in [0.3, 0.4) is 0 Å². The van der Waals surface area contributed by atoms with E-state index in [1.165, 1.54) is 0 Å². The van der Waals surface area contributed by atoms with E-state index in [1.54, 1.807) is 0 Å². The van der Waals surface area contributed by atoms with Gasteiger partial charge in [0.05, 0.1) is 0 Å². The quantitative estimate of drug-likeness (QED) is 0.668. The second-order valence-corrected chi connectivity index (χ2v) is 10.7. The van der Waals surface area contributed by atoms with Crippen molar-refractivity contribution in [2.45, 2.75) is 37.8 Å². The van der Waals surface area contributed by atoms with Crippen LogP contribution in [-0.2, 0) is 4.79 Å². The van der Waals surface area contributed by atoms with Gasteiger partial charge in [0.15, 0.2) is 0 Å². The van der Waals surface area contributed by atoms with Gasteiger partial charge < -0.3 is 15.6 Å². The highest BCUT2D eigenvalue weighted by Gasteiger charge is 2.49. The number of aliphatic carboxylic acids is 1. The lowest BCUT2D eigenvalue weighted by Crippen LogP contribution is -2.65. The Morgan fingerprint density at radius 1 is 1.04 bits per heavy atom. The van der Waals surface area contributed by atoms with Crippen molar-refractivity contribution in [2.75, 3.05) is 0 Å². The van der Waals surface area contributed by atoms with Gasteiger partial charge in [-0.2, -0.15) is 0 Å². The molecule has 0 aromatic heterocycles. The third-order valence-corrected chi connectivity index (χ3v) is 9.31. The molecule has 24 heavy (non-hydrogen) atoms. The number of carboxylic acids is 1. The van der Waals surface area contributed by atoms with Gasteiger partial charge in [0.1, 0.15) is 6.04 Å². The van der Waals surface area contributed by atoms with Gasteiger partial charge in [-0.15, -0.1) is 0 Å². The summed E-state index contributed by atoms with van der Waals surface area (Å²) in [6, 6.07) is 18.5. The van der Waals surface area contributed by atoms with Crippen LogP contribution in [0.2, 0.25) is 5.04 Å². The summed E-state index contributed by atoms with van der Waals surface area (Å²) in [6.07, 6.45) is 0.865. The zero-order valence-electron chi connectivity index (χ0n) is 14.1. The monoisotopic (exact) mass is 343 g/mol. The minimum Gasteiger partial charge on any atom is -0.480 e. The van der Waals surface area contributed by atoms with Crippen molar-refractivity contribution in [3.05, 3.63) is 60.7 Å². The maximum Gasteiger partial charge on any atom is 0.320 e. The third kappa shape index (κ3) is 3.58.